The lowest BCUT2D eigenvalue weighted by Gasteiger charge is -2.60. The SMILES string of the molecule is Cc1cccc(C#CC(=O)N(CC(C)C)[C@H]2CC[C@H]3[C@H]4Cc5c(O)ccc6c5[C@@]3(CCN4C)[C@H]2O6)c1. The van der Waals surface area contributed by atoms with Crippen molar-refractivity contribution >= 4 is 5.91 Å². The molecule has 0 radical (unpaired) electrons. The van der Waals surface area contributed by atoms with Gasteiger partial charge in [-0.25, -0.2) is 0 Å². The third-order valence-electron chi connectivity index (χ3n) is 9.14. The minimum atomic E-state index is -0.152. The number of carbonyl (C=O) groups is 1. The van der Waals surface area contributed by atoms with E-state index in [4.69, 9.17) is 4.74 Å². The summed E-state index contributed by atoms with van der Waals surface area (Å²) in [7, 11) is 2.22. The summed E-state index contributed by atoms with van der Waals surface area (Å²) in [4.78, 5) is 18.2. The minimum Gasteiger partial charge on any atom is -0.508 e. The van der Waals surface area contributed by atoms with Crippen LogP contribution in [0, 0.1) is 30.6 Å². The Morgan fingerprint density at radius 2 is 2.11 bits per heavy atom. The van der Waals surface area contributed by atoms with Crippen LogP contribution in [0.3, 0.4) is 0 Å². The first-order valence-corrected chi connectivity index (χ1v) is 13.4. The Labute approximate surface area is 214 Å². The highest BCUT2D eigenvalue weighted by atomic mass is 16.5. The van der Waals surface area contributed by atoms with Crippen LogP contribution in [0.15, 0.2) is 36.4 Å². The summed E-state index contributed by atoms with van der Waals surface area (Å²) < 4.78 is 6.80. The van der Waals surface area contributed by atoms with Gasteiger partial charge in [-0.3, -0.25) is 4.79 Å². The zero-order valence-electron chi connectivity index (χ0n) is 21.8. The van der Waals surface area contributed by atoms with Gasteiger partial charge in [0.25, 0.3) is 5.91 Å². The largest absolute Gasteiger partial charge is 0.508 e. The van der Waals surface area contributed by atoms with Gasteiger partial charge in [-0.1, -0.05) is 31.9 Å². The first kappa shape index (κ1) is 23.4. The van der Waals surface area contributed by atoms with Crippen molar-refractivity contribution in [3.8, 4) is 23.3 Å². The van der Waals surface area contributed by atoms with E-state index >= 15 is 0 Å². The summed E-state index contributed by atoms with van der Waals surface area (Å²) in [5, 5.41) is 10.9. The maximum Gasteiger partial charge on any atom is 0.299 e. The number of hydrogen-bond acceptors (Lipinski definition) is 4. The number of ether oxygens (including phenoxy) is 1. The van der Waals surface area contributed by atoms with Gasteiger partial charge in [-0.05, 0) is 87.9 Å². The first-order valence-electron chi connectivity index (χ1n) is 13.4. The number of rotatable bonds is 3. The summed E-state index contributed by atoms with van der Waals surface area (Å²) in [5.74, 6) is 8.07. The Balaban J connectivity index is 1.40. The predicted molar refractivity (Wildman–Crippen MR) is 140 cm³/mol. The topological polar surface area (TPSA) is 53.0 Å². The quantitative estimate of drug-likeness (QED) is 0.661. The third-order valence-corrected chi connectivity index (χ3v) is 9.14. The number of aryl methyl sites for hydroxylation is 1. The molecule has 36 heavy (non-hydrogen) atoms. The number of phenols is 1. The van der Waals surface area contributed by atoms with Crippen molar-refractivity contribution in [1.82, 2.24) is 9.80 Å². The molecule has 1 saturated heterocycles. The fourth-order valence-electron chi connectivity index (χ4n) is 7.72. The van der Waals surface area contributed by atoms with Crippen LogP contribution in [-0.4, -0.2) is 59.1 Å². The molecular weight excluding hydrogens is 448 g/mol. The fourth-order valence-corrected chi connectivity index (χ4v) is 7.72. The van der Waals surface area contributed by atoms with E-state index in [9.17, 15) is 9.90 Å². The Morgan fingerprint density at radius 1 is 1.28 bits per heavy atom. The second-order valence-corrected chi connectivity index (χ2v) is 11.7. The normalized spacial score (nSPS) is 29.7. The Bertz CT molecular complexity index is 1270. The molecule has 2 aromatic rings. The van der Waals surface area contributed by atoms with Crippen LogP contribution in [0.5, 0.6) is 11.5 Å². The summed E-state index contributed by atoms with van der Waals surface area (Å²) in [6.07, 6.45) is 3.73. The van der Waals surface area contributed by atoms with Gasteiger partial charge in [-0.15, -0.1) is 0 Å². The molecule has 6 rings (SSSR count). The van der Waals surface area contributed by atoms with Crippen LogP contribution < -0.4 is 4.74 Å². The van der Waals surface area contributed by atoms with Crippen molar-refractivity contribution in [2.24, 2.45) is 11.8 Å². The van der Waals surface area contributed by atoms with Crippen LogP contribution >= 0.6 is 0 Å². The van der Waals surface area contributed by atoms with Gasteiger partial charge < -0.3 is 19.6 Å². The number of phenolic OH excluding ortho intramolecular Hbond substituents is 1. The molecule has 2 aliphatic heterocycles. The van der Waals surface area contributed by atoms with Gasteiger partial charge in [0.05, 0.1) is 6.04 Å². The molecule has 4 aliphatic rings. The van der Waals surface area contributed by atoms with Gasteiger partial charge in [0, 0.05) is 40.6 Å². The van der Waals surface area contributed by atoms with Crippen LogP contribution in [0.4, 0.5) is 0 Å². The second-order valence-electron chi connectivity index (χ2n) is 11.7. The average molecular weight is 485 g/mol. The van der Waals surface area contributed by atoms with E-state index in [0.717, 1.165) is 54.7 Å². The lowest BCUT2D eigenvalue weighted by Crippen LogP contribution is -2.68. The van der Waals surface area contributed by atoms with E-state index in [2.05, 4.69) is 37.6 Å². The molecular formula is C31H36N2O3. The van der Waals surface area contributed by atoms with Crippen molar-refractivity contribution in [3.63, 3.8) is 0 Å². The Morgan fingerprint density at radius 3 is 2.89 bits per heavy atom. The van der Waals surface area contributed by atoms with E-state index in [1.165, 1.54) is 5.56 Å². The smallest absolute Gasteiger partial charge is 0.299 e. The number of nitrogens with zero attached hydrogens (tertiary/aromatic N) is 2. The summed E-state index contributed by atoms with van der Waals surface area (Å²) in [5.41, 5.74) is 4.14. The van der Waals surface area contributed by atoms with Crippen molar-refractivity contribution in [1.29, 1.82) is 0 Å². The minimum absolute atomic E-state index is 0.0347. The van der Waals surface area contributed by atoms with E-state index in [1.807, 2.05) is 42.2 Å². The average Bonchev–Trinajstić information content (AvgIpc) is 3.18. The van der Waals surface area contributed by atoms with Gasteiger partial charge in [0.1, 0.15) is 17.6 Å². The third kappa shape index (κ3) is 3.45. The van der Waals surface area contributed by atoms with Gasteiger partial charge in [0.15, 0.2) is 0 Å². The van der Waals surface area contributed by atoms with Crippen molar-refractivity contribution in [2.45, 2.75) is 70.1 Å². The number of likely N-dealkylation sites (tertiary alicyclic amines) is 1. The lowest BCUT2D eigenvalue weighted by atomic mass is 9.51. The van der Waals surface area contributed by atoms with Crippen LogP contribution in [0.1, 0.15) is 55.4 Å². The van der Waals surface area contributed by atoms with Crippen molar-refractivity contribution in [2.75, 3.05) is 20.1 Å². The zero-order valence-corrected chi connectivity index (χ0v) is 21.8. The van der Waals surface area contributed by atoms with Gasteiger partial charge in [-0.2, -0.15) is 0 Å². The molecule has 2 heterocycles. The summed E-state index contributed by atoms with van der Waals surface area (Å²) in [6, 6.07) is 12.1. The molecule has 188 valence electrons. The van der Waals surface area contributed by atoms with Crippen LogP contribution in [-0.2, 0) is 16.6 Å². The molecule has 1 amide bonds. The first-order chi connectivity index (χ1) is 17.3. The highest BCUT2D eigenvalue weighted by Gasteiger charge is 2.66. The molecule has 1 N–H and O–H groups in total. The van der Waals surface area contributed by atoms with Gasteiger partial charge >= 0.3 is 0 Å². The fraction of sp³-hybridized carbons (Fsp3) is 0.516. The lowest BCUT2D eigenvalue weighted by molar-refractivity contribution is -0.137. The van der Waals surface area contributed by atoms with E-state index in [-0.39, 0.29) is 23.5 Å². The zero-order chi connectivity index (χ0) is 25.2. The highest BCUT2D eigenvalue weighted by Crippen LogP contribution is 2.63. The summed E-state index contributed by atoms with van der Waals surface area (Å²) >= 11 is 0. The van der Waals surface area contributed by atoms with Crippen LogP contribution in [0.2, 0.25) is 0 Å². The summed E-state index contributed by atoms with van der Waals surface area (Å²) in [6.45, 7) is 8.02. The molecule has 5 heteroatoms. The van der Waals surface area contributed by atoms with Gasteiger partial charge in [0.2, 0.25) is 0 Å². The van der Waals surface area contributed by atoms with Crippen molar-refractivity contribution in [3.05, 3.63) is 58.7 Å². The number of carbonyl (C=O) groups excluding carboxylic acids is 1. The molecule has 2 aromatic carbocycles. The Kier molecular flexibility index (Phi) is 5.57. The molecule has 5 atom stereocenters. The Hall–Kier alpha value is -2.97. The number of amides is 1. The number of benzene rings is 2. The van der Waals surface area contributed by atoms with Crippen molar-refractivity contribution < 1.29 is 14.6 Å². The molecule has 1 saturated carbocycles. The maximum atomic E-state index is 13.7. The van der Waals surface area contributed by atoms with E-state index in [1.54, 1.807) is 6.07 Å². The second kappa shape index (κ2) is 8.56. The molecule has 0 aromatic heterocycles. The van der Waals surface area contributed by atoms with E-state index in [0.29, 0.717) is 30.2 Å². The number of piperidine rings is 1. The maximum absolute atomic E-state index is 13.7. The molecule has 2 fully saturated rings. The number of hydrogen-bond donors (Lipinski definition) is 1. The monoisotopic (exact) mass is 484 g/mol. The predicted octanol–water partition coefficient (Wildman–Crippen LogP) is 4.27. The molecule has 0 unspecified atom stereocenters. The van der Waals surface area contributed by atoms with E-state index < -0.39 is 0 Å². The molecule has 1 spiro atoms. The van der Waals surface area contributed by atoms with Crippen LogP contribution in [0.25, 0.3) is 0 Å². The highest BCUT2D eigenvalue weighted by molar-refractivity contribution is 5.94. The standard InChI is InChI=1S/C31H36N2O3/c1-19(2)18-33(28(35)13-8-21-7-5-6-20(3)16-21)24-10-9-23-25-17-22-26(34)11-12-27-29(22)31(23,30(24)36-27)14-15-32(25)4/h5-7,11-12,16,19,23-25,30,34H,9-10,14-15,17-18H2,1-4H3/t23-,24-,25+,30-,31-/m0/s1. The molecule has 5 nitrogen and oxygen atoms in total. The molecule has 2 bridgehead atoms. The number of likely N-dealkylation sites (N-methyl/N-ethyl adjacent to an activating group) is 1. The number of aromatic hydroxyl groups is 1. The molecule has 2 aliphatic carbocycles.